The first-order valence-electron chi connectivity index (χ1n) is 6.98. The lowest BCUT2D eigenvalue weighted by molar-refractivity contribution is 0.0439. The first kappa shape index (κ1) is 15.8. The maximum atomic E-state index is 8.55. The molecule has 0 bridgehead atoms. The monoisotopic (exact) mass is 260 g/mol. The molecule has 0 amide bonds. The summed E-state index contributed by atoms with van der Waals surface area (Å²) in [5, 5.41) is 8.55. The highest BCUT2D eigenvalue weighted by Crippen LogP contribution is 2.19. The highest BCUT2D eigenvalue weighted by Gasteiger charge is 2.23. The molecular formula is C16H24N2O. The highest BCUT2D eigenvalue weighted by molar-refractivity contribution is 5.27. The molecule has 19 heavy (non-hydrogen) atoms. The predicted molar refractivity (Wildman–Crippen MR) is 77.5 cm³/mol. The topological polar surface area (TPSA) is 36.3 Å². The van der Waals surface area contributed by atoms with Crippen molar-refractivity contribution < 1.29 is 4.74 Å². The summed E-state index contributed by atoms with van der Waals surface area (Å²) in [4.78, 5) is 2.38. The largest absolute Gasteiger partial charge is 0.358 e. The molecule has 0 saturated carbocycles. The molecule has 0 radical (unpaired) electrons. The number of hydrogen-bond acceptors (Lipinski definition) is 3. The van der Waals surface area contributed by atoms with Gasteiger partial charge in [0, 0.05) is 0 Å². The zero-order valence-electron chi connectivity index (χ0n) is 12.2. The Morgan fingerprint density at radius 2 is 2.05 bits per heavy atom. The van der Waals surface area contributed by atoms with Gasteiger partial charge in [-0.3, -0.25) is 4.90 Å². The summed E-state index contributed by atoms with van der Waals surface area (Å²) in [6, 6.07) is 2.08. The minimum atomic E-state index is -0.632. The van der Waals surface area contributed by atoms with Crippen LogP contribution in [0, 0.1) is 23.2 Å². The van der Waals surface area contributed by atoms with Crippen molar-refractivity contribution in [3.63, 3.8) is 0 Å². The fraction of sp³-hybridized carbons (Fsp3) is 0.688. The Balaban J connectivity index is 2.52. The SMILES string of the molecule is C=C(C)[C@](C)(C#CCN1CCCCC1)OCCC#N. The molecule has 0 N–H and O–H groups in total. The minimum Gasteiger partial charge on any atom is -0.358 e. The van der Waals surface area contributed by atoms with Gasteiger partial charge in [-0.1, -0.05) is 24.8 Å². The second-order valence-electron chi connectivity index (χ2n) is 5.21. The van der Waals surface area contributed by atoms with E-state index in [1.54, 1.807) is 0 Å². The van der Waals surface area contributed by atoms with Crippen LogP contribution < -0.4 is 0 Å². The van der Waals surface area contributed by atoms with Crippen LogP contribution in [0.3, 0.4) is 0 Å². The summed E-state index contributed by atoms with van der Waals surface area (Å²) in [7, 11) is 0. The van der Waals surface area contributed by atoms with E-state index in [-0.39, 0.29) is 0 Å². The van der Waals surface area contributed by atoms with E-state index in [0.29, 0.717) is 13.0 Å². The van der Waals surface area contributed by atoms with Gasteiger partial charge in [0.05, 0.1) is 25.6 Å². The zero-order chi connectivity index (χ0) is 14.1. The molecule has 3 nitrogen and oxygen atoms in total. The van der Waals surface area contributed by atoms with Gasteiger partial charge in [0.25, 0.3) is 0 Å². The smallest absolute Gasteiger partial charge is 0.146 e. The van der Waals surface area contributed by atoms with Crippen LogP contribution in [-0.4, -0.2) is 36.7 Å². The van der Waals surface area contributed by atoms with E-state index < -0.39 is 5.60 Å². The molecule has 0 aromatic rings. The molecule has 1 aliphatic rings. The number of hydrogen-bond donors (Lipinski definition) is 0. The van der Waals surface area contributed by atoms with Crippen molar-refractivity contribution in [2.75, 3.05) is 26.2 Å². The quantitative estimate of drug-likeness (QED) is 0.433. The van der Waals surface area contributed by atoms with Gasteiger partial charge in [-0.05, 0) is 45.4 Å². The van der Waals surface area contributed by atoms with Crippen molar-refractivity contribution in [2.45, 2.75) is 45.1 Å². The summed E-state index contributed by atoms with van der Waals surface area (Å²) >= 11 is 0. The van der Waals surface area contributed by atoms with Gasteiger partial charge in [0.2, 0.25) is 0 Å². The number of nitriles is 1. The Bertz CT molecular complexity index is 393. The molecular weight excluding hydrogens is 236 g/mol. The average Bonchev–Trinajstić information content (AvgIpc) is 2.40. The Hall–Kier alpha value is -1.29. The van der Waals surface area contributed by atoms with E-state index in [1.165, 1.54) is 19.3 Å². The fourth-order valence-corrected chi connectivity index (χ4v) is 2.00. The third-order valence-corrected chi connectivity index (χ3v) is 3.50. The Kier molecular flexibility index (Phi) is 6.64. The molecule has 0 aliphatic carbocycles. The summed E-state index contributed by atoms with van der Waals surface area (Å²) in [6.07, 6.45) is 4.28. The molecule has 0 spiro atoms. The Labute approximate surface area is 117 Å². The van der Waals surface area contributed by atoms with Crippen molar-refractivity contribution in [1.29, 1.82) is 5.26 Å². The molecule has 1 rings (SSSR count). The summed E-state index contributed by atoms with van der Waals surface area (Å²) in [6.45, 7) is 11.3. The lowest BCUT2D eigenvalue weighted by atomic mass is 9.99. The van der Waals surface area contributed by atoms with Gasteiger partial charge in [0.15, 0.2) is 0 Å². The fourth-order valence-electron chi connectivity index (χ4n) is 2.00. The molecule has 1 atom stereocenters. The number of ether oxygens (including phenoxy) is 1. The van der Waals surface area contributed by atoms with Crippen LogP contribution >= 0.6 is 0 Å². The van der Waals surface area contributed by atoms with Crippen LogP contribution in [0.5, 0.6) is 0 Å². The second kappa shape index (κ2) is 8.00. The zero-order valence-corrected chi connectivity index (χ0v) is 12.2. The normalized spacial score (nSPS) is 18.8. The highest BCUT2D eigenvalue weighted by atomic mass is 16.5. The van der Waals surface area contributed by atoms with E-state index in [4.69, 9.17) is 10.00 Å². The van der Waals surface area contributed by atoms with Crippen LogP contribution in [0.25, 0.3) is 0 Å². The van der Waals surface area contributed by atoms with Gasteiger partial charge >= 0.3 is 0 Å². The molecule has 0 aromatic carbocycles. The third kappa shape index (κ3) is 5.47. The van der Waals surface area contributed by atoms with Crippen molar-refractivity contribution >= 4 is 0 Å². The first-order chi connectivity index (χ1) is 9.08. The molecule has 0 unspecified atom stereocenters. The van der Waals surface area contributed by atoms with Crippen LogP contribution in [0.4, 0.5) is 0 Å². The van der Waals surface area contributed by atoms with Gasteiger partial charge in [-0.2, -0.15) is 5.26 Å². The number of nitrogens with zero attached hydrogens (tertiary/aromatic N) is 2. The maximum absolute atomic E-state index is 8.55. The molecule has 0 aromatic heterocycles. The van der Waals surface area contributed by atoms with Crippen molar-refractivity contribution in [3.8, 4) is 17.9 Å². The number of rotatable bonds is 5. The summed E-state index contributed by atoms with van der Waals surface area (Å²) < 4.78 is 5.71. The second-order valence-corrected chi connectivity index (χ2v) is 5.21. The first-order valence-corrected chi connectivity index (χ1v) is 6.98. The molecule has 1 aliphatic heterocycles. The lowest BCUT2D eigenvalue weighted by Crippen LogP contribution is -2.31. The molecule has 1 heterocycles. The van der Waals surface area contributed by atoms with Gasteiger partial charge < -0.3 is 4.74 Å². The lowest BCUT2D eigenvalue weighted by Gasteiger charge is -2.26. The van der Waals surface area contributed by atoms with Crippen LogP contribution in [-0.2, 0) is 4.74 Å². The standard InChI is InChI=1S/C16H24N2O/c1-15(2)16(3,19-14-8-10-17)9-7-13-18-11-5-4-6-12-18/h1,4-6,8,11-14H2,2-3H3/t16-/m0/s1. The van der Waals surface area contributed by atoms with E-state index in [1.807, 2.05) is 13.8 Å². The van der Waals surface area contributed by atoms with Gasteiger partial charge in [-0.15, -0.1) is 0 Å². The number of likely N-dealkylation sites (tertiary alicyclic amines) is 1. The van der Waals surface area contributed by atoms with Crippen LogP contribution in [0.1, 0.15) is 39.5 Å². The molecule has 1 fully saturated rings. The van der Waals surface area contributed by atoms with Crippen LogP contribution in [0.2, 0.25) is 0 Å². The molecule has 104 valence electrons. The van der Waals surface area contributed by atoms with E-state index in [9.17, 15) is 0 Å². The van der Waals surface area contributed by atoms with Crippen molar-refractivity contribution in [3.05, 3.63) is 12.2 Å². The summed E-state index contributed by atoms with van der Waals surface area (Å²) in [5.74, 6) is 6.39. The molecule has 3 heteroatoms. The number of piperidine rings is 1. The average molecular weight is 260 g/mol. The van der Waals surface area contributed by atoms with Crippen molar-refractivity contribution in [2.24, 2.45) is 0 Å². The summed E-state index contributed by atoms with van der Waals surface area (Å²) in [5.41, 5.74) is 0.253. The van der Waals surface area contributed by atoms with Crippen molar-refractivity contribution in [1.82, 2.24) is 4.90 Å². The van der Waals surface area contributed by atoms with E-state index in [0.717, 1.165) is 25.2 Å². The van der Waals surface area contributed by atoms with E-state index in [2.05, 4.69) is 29.4 Å². The third-order valence-electron chi connectivity index (χ3n) is 3.50. The maximum Gasteiger partial charge on any atom is 0.146 e. The Morgan fingerprint density at radius 3 is 2.63 bits per heavy atom. The molecule has 1 saturated heterocycles. The van der Waals surface area contributed by atoms with E-state index >= 15 is 0 Å². The van der Waals surface area contributed by atoms with Crippen LogP contribution in [0.15, 0.2) is 12.2 Å². The Morgan fingerprint density at radius 1 is 1.37 bits per heavy atom. The predicted octanol–water partition coefficient (Wildman–Crippen LogP) is 2.74. The minimum absolute atomic E-state index is 0.386. The van der Waals surface area contributed by atoms with Gasteiger partial charge in [0.1, 0.15) is 5.60 Å². The van der Waals surface area contributed by atoms with Gasteiger partial charge in [-0.25, -0.2) is 0 Å².